The van der Waals surface area contributed by atoms with Crippen LogP contribution in [0.15, 0.2) is 73.6 Å². The van der Waals surface area contributed by atoms with Crippen molar-refractivity contribution < 1.29 is 32.2 Å². The predicted octanol–water partition coefficient (Wildman–Crippen LogP) is 6.50. The molecular weight excluding hydrogens is 636 g/mol. The zero-order valence-electron chi connectivity index (χ0n) is 28.1. The van der Waals surface area contributed by atoms with E-state index in [1.54, 1.807) is 89.3 Å². The first-order valence-electron chi connectivity index (χ1n) is 15.0. The Morgan fingerprint density at radius 1 is 0.896 bits per heavy atom. The summed E-state index contributed by atoms with van der Waals surface area (Å²) in [6.45, 7) is 10.8. The maximum atomic E-state index is 13.3. The van der Waals surface area contributed by atoms with Crippen molar-refractivity contribution in [1.82, 2.24) is 24.3 Å². The van der Waals surface area contributed by atoms with Gasteiger partial charge in [0.1, 0.15) is 28.3 Å². The summed E-state index contributed by atoms with van der Waals surface area (Å²) < 4.78 is 46.1. The standard InChI is InChI=1S/C34H38N6O7S/c1-33(2,3)46-31(41)39-21-27(25-18-37-38(20-25)19-22-10-9-13-35-16-22)26-14-24(17-36-30(26)39)23-11-12-29(45-7)28(15-23)40(48(8,43)44)32(42)47-34(4,5)6/h9-18,20-21H,19H2,1-8H3. The highest BCUT2D eigenvalue weighted by molar-refractivity contribution is 7.92. The molecule has 14 heteroatoms. The molecular formula is C34H38N6O7S. The number of rotatable bonds is 7. The van der Waals surface area contributed by atoms with Gasteiger partial charge in [0, 0.05) is 53.1 Å². The maximum absolute atomic E-state index is 13.3. The number of nitrogens with zero attached hydrogens (tertiary/aromatic N) is 6. The van der Waals surface area contributed by atoms with Crippen LogP contribution in [-0.4, -0.2) is 69.5 Å². The first-order chi connectivity index (χ1) is 22.4. The van der Waals surface area contributed by atoms with Crippen molar-refractivity contribution in [1.29, 1.82) is 0 Å². The zero-order chi connectivity index (χ0) is 35.0. The van der Waals surface area contributed by atoms with Crippen LogP contribution in [0.3, 0.4) is 0 Å². The fourth-order valence-corrected chi connectivity index (χ4v) is 5.77. The number of amides is 1. The lowest BCUT2D eigenvalue weighted by Crippen LogP contribution is -2.40. The van der Waals surface area contributed by atoms with Crippen LogP contribution >= 0.6 is 0 Å². The number of carbonyl (C=O) groups is 2. The molecule has 5 rings (SSSR count). The molecule has 0 aliphatic carbocycles. The number of methoxy groups -OCH3 is 1. The SMILES string of the molecule is COc1ccc(-c2cnc3c(c2)c(-c2cnn(Cc4cccnc4)c2)cn3C(=O)OC(C)(C)C)cc1N(C(=O)OC(C)(C)C)S(C)(=O)=O. The van der Waals surface area contributed by atoms with E-state index in [0.29, 0.717) is 38.6 Å². The van der Waals surface area contributed by atoms with E-state index in [2.05, 4.69) is 15.1 Å². The Balaban J connectivity index is 1.64. The lowest BCUT2D eigenvalue weighted by molar-refractivity contribution is 0.0541. The second-order valence-corrected chi connectivity index (χ2v) is 15.0. The van der Waals surface area contributed by atoms with Gasteiger partial charge < -0.3 is 14.2 Å². The van der Waals surface area contributed by atoms with Crippen LogP contribution in [0.2, 0.25) is 0 Å². The first kappa shape index (κ1) is 34.1. The van der Waals surface area contributed by atoms with Crippen molar-refractivity contribution in [2.45, 2.75) is 59.3 Å². The largest absolute Gasteiger partial charge is 0.495 e. The van der Waals surface area contributed by atoms with E-state index in [0.717, 1.165) is 17.4 Å². The van der Waals surface area contributed by atoms with Crippen LogP contribution in [0.1, 0.15) is 47.1 Å². The molecule has 4 heterocycles. The summed E-state index contributed by atoms with van der Waals surface area (Å²) in [5.74, 6) is 0.141. The molecule has 0 atom stereocenters. The molecule has 0 unspecified atom stereocenters. The summed E-state index contributed by atoms with van der Waals surface area (Å²) in [6.07, 6.45) is 9.49. The molecule has 1 amide bonds. The molecule has 0 fully saturated rings. The quantitative estimate of drug-likeness (QED) is 0.187. The van der Waals surface area contributed by atoms with E-state index in [-0.39, 0.29) is 11.4 Å². The summed E-state index contributed by atoms with van der Waals surface area (Å²) in [5.41, 5.74) is 2.09. The Bertz CT molecular complexity index is 2090. The Hall–Kier alpha value is -5.24. The highest BCUT2D eigenvalue weighted by Gasteiger charge is 2.33. The van der Waals surface area contributed by atoms with Gasteiger partial charge in [-0.25, -0.2) is 27.6 Å². The van der Waals surface area contributed by atoms with E-state index < -0.39 is 33.4 Å². The van der Waals surface area contributed by atoms with E-state index in [9.17, 15) is 18.0 Å². The highest BCUT2D eigenvalue weighted by Crippen LogP contribution is 2.38. The van der Waals surface area contributed by atoms with Crippen molar-refractivity contribution in [3.05, 3.63) is 79.1 Å². The van der Waals surface area contributed by atoms with Crippen molar-refractivity contribution in [2.24, 2.45) is 0 Å². The maximum Gasteiger partial charge on any atom is 0.429 e. The van der Waals surface area contributed by atoms with Gasteiger partial charge in [0.15, 0.2) is 0 Å². The molecule has 48 heavy (non-hydrogen) atoms. The number of ether oxygens (including phenoxy) is 3. The molecule has 1 aromatic carbocycles. The fourth-order valence-electron chi connectivity index (χ4n) is 4.96. The van der Waals surface area contributed by atoms with Gasteiger partial charge in [-0.05, 0) is 76.9 Å². The molecule has 0 saturated heterocycles. The third-order valence-corrected chi connectivity index (χ3v) is 7.88. The minimum absolute atomic E-state index is 0.0323. The number of carbonyl (C=O) groups excluding carboxylic acids is 2. The van der Waals surface area contributed by atoms with Crippen LogP contribution in [0, 0.1) is 0 Å². The summed E-state index contributed by atoms with van der Waals surface area (Å²) in [6, 6.07) is 10.4. The topological polar surface area (TPSA) is 148 Å². The van der Waals surface area contributed by atoms with Gasteiger partial charge in [-0.3, -0.25) is 9.67 Å². The van der Waals surface area contributed by atoms with Gasteiger partial charge in [-0.1, -0.05) is 12.1 Å². The number of pyridine rings is 2. The second kappa shape index (κ2) is 12.8. The Kier molecular flexibility index (Phi) is 9.06. The van der Waals surface area contributed by atoms with Gasteiger partial charge in [-0.15, -0.1) is 0 Å². The van der Waals surface area contributed by atoms with Crippen molar-refractivity contribution in [2.75, 3.05) is 17.7 Å². The first-order valence-corrected chi connectivity index (χ1v) is 16.9. The van der Waals surface area contributed by atoms with Gasteiger partial charge in [-0.2, -0.15) is 9.40 Å². The average Bonchev–Trinajstić information content (AvgIpc) is 3.59. The van der Waals surface area contributed by atoms with E-state index in [4.69, 9.17) is 14.2 Å². The third kappa shape index (κ3) is 7.65. The Morgan fingerprint density at radius 3 is 2.25 bits per heavy atom. The normalized spacial score (nSPS) is 12.2. The molecule has 0 radical (unpaired) electrons. The third-order valence-electron chi connectivity index (χ3n) is 6.87. The van der Waals surface area contributed by atoms with E-state index >= 15 is 0 Å². The van der Waals surface area contributed by atoms with Crippen LogP contribution in [0.5, 0.6) is 5.75 Å². The van der Waals surface area contributed by atoms with Gasteiger partial charge in [0.05, 0.1) is 26.1 Å². The number of fused-ring (bicyclic) bond motifs is 1. The van der Waals surface area contributed by atoms with Crippen LogP contribution in [-0.2, 0) is 26.0 Å². The lowest BCUT2D eigenvalue weighted by Gasteiger charge is -2.27. The predicted molar refractivity (Wildman–Crippen MR) is 181 cm³/mol. The molecule has 252 valence electrons. The molecule has 0 bridgehead atoms. The van der Waals surface area contributed by atoms with Crippen LogP contribution < -0.4 is 9.04 Å². The minimum atomic E-state index is -4.14. The smallest absolute Gasteiger partial charge is 0.429 e. The number of aromatic nitrogens is 5. The van der Waals surface area contributed by atoms with Gasteiger partial charge in [0.25, 0.3) is 0 Å². The number of sulfonamides is 1. The minimum Gasteiger partial charge on any atom is -0.495 e. The van der Waals surface area contributed by atoms with Crippen LogP contribution in [0.25, 0.3) is 33.3 Å². The molecule has 5 aromatic rings. The molecule has 4 aromatic heterocycles. The summed E-state index contributed by atoms with van der Waals surface area (Å²) in [7, 11) is -2.77. The number of anilines is 1. The van der Waals surface area contributed by atoms with E-state index in [1.807, 2.05) is 24.4 Å². The summed E-state index contributed by atoms with van der Waals surface area (Å²) in [5, 5.41) is 5.14. The summed E-state index contributed by atoms with van der Waals surface area (Å²) >= 11 is 0. The number of hydrogen-bond donors (Lipinski definition) is 0. The number of benzene rings is 1. The van der Waals surface area contributed by atoms with Crippen molar-refractivity contribution in [3.63, 3.8) is 0 Å². The Morgan fingerprint density at radius 2 is 1.62 bits per heavy atom. The lowest BCUT2D eigenvalue weighted by atomic mass is 10.0. The van der Waals surface area contributed by atoms with Crippen molar-refractivity contribution >= 4 is 38.9 Å². The molecule has 0 spiro atoms. The zero-order valence-corrected chi connectivity index (χ0v) is 28.9. The molecule has 13 nitrogen and oxygen atoms in total. The van der Waals surface area contributed by atoms with Crippen molar-refractivity contribution in [3.8, 4) is 28.0 Å². The highest BCUT2D eigenvalue weighted by atomic mass is 32.2. The molecule has 0 N–H and O–H groups in total. The number of hydrogen-bond acceptors (Lipinski definition) is 10. The van der Waals surface area contributed by atoms with Crippen LogP contribution in [0.4, 0.5) is 15.3 Å². The second-order valence-electron chi connectivity index (χ2n) is 13.2. The monoisotopic (exact) mass is 674 g/mol. The van der Waals surface area contributed by atoms with Gasteiger partial charge in [0.2, 0.25) is 10.0 Å². The molecule has 0 saturated carbocycles. The summed E-state index contributed by atoms with van der Waals surface area (Å²) in [4.78, 5) is 35.3. The van der Waals surface area contributed by atoms with E-state index in [1.165, 1.54) is 17.7 Å². The average molecular weight is 675 g/mol. The van der Waals surface area contributed by atoms with Gasteiger partial charge >= 0.3 is 12.2 Å². The molecule has 0 aliphatic heterocycles. The fraction of sp³-hybridized carbons (Fsp3) is 0.324. The Labute approximate surface area is 279 Å². The molecule has 0 aliphatic rings.